The van der Waals surface area contributed by atoms with Crippen LogP contribution in [0.5, 0.6) is 0 Å². The molecule has 128 valence electrons. The van der Waals surface area contributed by atoms with Gasteiger partial charge in [0.25, 0.3) is 5.91 Å². The maximum absolute atomic E-state index is 12.6. The zero-order valence-electron chi connectivity index (χ0n) is 15.0. The van der Waals surface area contributed by atoms with Gasteiger partial charge in [-0.3, -0.25) is 9.59 Å². The number of amides is 1. The van der Waals surface area contributed by atoms with Gasteiger partial charge in [0.15, 0.2) is 5.78 Å². The molecule has 0 saturated heterocycles. The Balaban J connectivity index is 0.00000127. The van der Waals surface area contributed by atoms with Gasteiger partial charge < -0.3 is 5.32 Å². The van der Waals surface area contributed by atoms with Crippen LogP contribution in [0.15, 0.2) is 24.3 Å². The smallest absolute Gasteiger partial charge is 0.251 e. The Morgan fingerprint density at radius 3 is 2.22 bits per heavy atom. The molecule has 1 amide bonds. The number of hydrogen-bond donors (Lipinski definition) is 1. The Kier molecular flexibility index (Phi) is 8.60. The van der Waals surface area contributed by atoms with Crippen LogP contribution in [0, 0.1) is 11.8 Å². The highest BCUT2D eigenvalue weighted by Crippen LogP contribution is 2.29. The van der Waals surface area contributed by atoms with Crippen molar-refractivity contribution in [3.8, 4) is 0 Å². The van der Waals surface area contributed by atoms with Gasteiger partial charge in [0.05, 0.1) is 0 Å². The predicted molar refractivity (Wildman–Crippen MR) is 95.9 cm³/mol. The molecule has 1 aromatic rings. The first-order valence-corrected chi connectivity index (χ1v) is 9.04. The lowest BCUT2D eigenvalue weighted by molar-refractivity contribution is 0.0897. The van der Waals surface area contributed by atoms with E-state index in [0.29, 0.717) is 18.0 Å². The Hall–Kier alpha value is -1.64. The van der Waals surface area contributed by atoms with Gasteiger partial charge in [0.1, 0.15) is 0 Å². The van der Waals surface area contributed by atoms with Crippen LogP contribution in [0.2, 0.25) is 0 Å². The van der Waals surface area contributed by atoms with Crippen molar-refractivity contribution in [2.24, 2.45) is 11.8 Å². The van der Waals surface area contributed by atoms with E-state index in [0.717, 1.165) is 24.8 Å². The number of Topliss-reactive ketones (excluding diaryl/α,β-unsaturated/α-hetero) is 1. The molecule has 23 heavy (non-hydrogen) atoms. The molecular formula is C20H31NO2. The van der Waals surface area contributed by atoms with Crippen LogP contribution in [0.4, 0.5) is 0 Å². The van der Waals surface area contributed by atoms with Crippen molar-refractivity contribution in [1.82, 2.24) is 5.32 Å². The van der Waals surface area contributed by atoms with E-state index in [9.17, 15) is 9.59 Å². The number of benzene rings is 1. The van der Waals surface area contributed by atoms with Crippen molar-refractivity contribution in [2.45, 2.75) is 59.8 Å². The minimum absolute atomic E-state index is 0.0837. The van der Waals surface area contributed by atoms with E-state index in [-0.39, 0.29) is 17.6 Å². The van der Waals surface area contributed by atoms with Crippen LogP contribution >= 0.6 is 0 Å². The standard InChI is InChI=1S/C18H25NO2.C2H6/c1-3-19-18(21)15-10-8-14(9-11-15)17(20)16-7-5-4-6-13(2)12-16;1-2/h8-11,13,16H,3-7,12H2,1-2H3,(H,19,21);1-2H3. The molecule has 0 radical (unpaired) electrons. The molecule has 1 aliphatic rings. The number of hydrogen-bond acceptors (Lipinski definition) is 2. The molecule has 1 aliphatic carbocycles. The molecule has 0 aliphatic heterocycles. The zero-order chi connectivity index (χ0) is 17.2. The molecule has 3 nitrogen and oxygen atoms in total. The molecule has 2 unspecified atom stereocenters. The Bertz CT molecular complexity index is 493. The summed E-state index contributed by atoms with van der Waals surface area (Å²) in [7, 11) is 0. The molecule has 0 bridgehead atoms. The summed E-state index contributed by atoms with van der Waals surface area (Å²) in [6.07, 6.45) is 5.62. The van der Waals surface area contributed by atoms with Gasteiger partial charge in [-0.1, -0.05) is 52.2 Å². The third kappa shape index (κ3) is 5.81. The molecule has 0 spiro atoms. The Labute approximate surface area is 140 Å². The lowest BCUT2D eigenvalue weighted by Crippen LogP contribution is -2.22. The fourth-order valence-corrected chi connectivity index (χ4v) is 3.13. The van der Waals surface area contributed by atoms with Crippen molar-refractivity contribution in [3.63, 3.8) is 0 Å². The van der Waals surface area contributed by atoms with Crippen LogP contribution in [-0.4, -0.2) is 18.2 Å². The van der Waals surface area contributed by atoms with Gasteiger partial charge >= 0.3 is 0 Å². The van der Waals surface area contributed by atoms with Gasteiger partial charge in [0.2, 0.25) is 0 Å². The summed E-state index contributed by atoms with van der Waals surface area (Å²) >= 11 is 0. The SMILES string of the molecule is CC.CCNC(=O)c1ccc(C(=O)C2CCCCC(C)C2)cc1. The number of carbonyl (C=O) groups excluding carboxylic acids is 2. The average molecular weight is 317 g/mol. The number of rotatable bonds is 4. The molecule has 1 aromatic carbocycles. The molecule has 1 N–H and O–H groups in total. The van der Waals surface area contributed by atoms with Crippen molar-refractivity contribution < 1.29 is 9.59 Å². The molecule has 0 heterocycles. The van der Waals surface area contributed by atoms with Crippen LogP contribution < -0.4 is 5.32 Å². The van der Waals surface area contributed by atoms with Gasteiger partial charge in [-0.25, -0.2) is 0 Å². The summed E-state index contributed by atoms with van der Waals surface area (Å²) in [5, 5.41) is 2.76. The second kappa shape index (κ2) is 10.2. The van der Waals surface area contributed by atoms with Crippen molar-refractivity contribution in [2.75, 3.05) is 6.54 Å². The van der Waals surface area contributed by atoms with E-state index in [1.807, 2.05) is 20.8 Å². The maximum atomic E-state index is 12.6. The average Bonchev–Trinajstić information content (AvgIpc) is 2.81. The third-order valence-electron chi connectivity index (χ3n) is 4.33. The van der Waals surface area contributed by atoms with Crippen molar-refractivity contribution in [1.29, 1.82) is 0 Å². The van der Waals surface area contributed by atoms with E-state index in [1.54, 1.807) is 24.3 Å². The second-order valence-electron chi connectivity index (χ2n) is 6.12. The first-order chi connectivity index (χ1) is 11.1. The first-order valence-electron chi connectivity index (χ1n) is 9.04. The molecule has 2 atom stereocenters. The summed E-state index contributed by atoms with van der Waals surface area (Å²) in [5.41, 5.74) is 1.35. The highest BCUT2D eigenvalue weighted by atomic mass is 16.1. The van der Waals surface area contributed by atoms with Crippen LogP contribution in [-0.2, 0) is 0 Å². The van der Waals surface area contributed by atoms with E-state index in [2.05, 4.69) is 12.2 Å². The minimum Gasteiger partial charge on any atom is -0.352 e. The van der Waals surface area contributed by atoms with E-state index < -0.39 is 0 Å². The lowest BCUT2D eigenvalue weighted by Gasteiger charge is -2.16. The fraction of sp³-hybridized carbons (Fsp3) is 0.600. The Morgan fingerprint density at radius 2 is 1.61 bits per heavy atom. The van der Waals surface area contributed by atoms with Gasteiger partial charge in [-0.2, -0.15) is 0 Å². The highest BCUT2D eigenvalue weighted by Gasteiger charge is 2.24. The topological polar surface area (TPSA) is 46.2 Å². The lowest BCUT2D eigenvalue weighted by atomic mass is 9.87. The van der Waals surface area contributed by atoms with Crippen LogP contribution in [0.3, 0.4) is 0 Å². The van der Waals surface area contributed by atoms with Crippen molar-refractivity contribution in [3.05, 3.63) is 35.4 Å². The number of nitrogens with one attached hydrogen (secondary N) is 1. The molecular weight excluding hydrogens is 286 g/mol. The molecule has 0 aromatic heterocycles. The molecule has 1 saturated carbocycles. The molecule has 3 heteroatoms. The second-order valence-corrected chi connectivity index (χ2v) is 6.12. The van der Waals surface area contributed by atoms with Gasteiger partial charge in [-0.15, -0.1) is 0 Å². The van der Waals surface area contributed by atoms with Gasteiger partial charge in [0, 0.05) is 23.6 Å². The number of ketones is 1. The molecule has 2 rings (SSSR count). The Morgan fingerprint density at radius 1 is 1.04 bits per heavy atom. The van der Waals surface area contributed by atoms with E-state index in [4.69, 9.17) is 0 Å². The monoisotopic (exact) mass is 317 g/mol. The normalized spacial score (nSPS) is 20.7. The largest absolute Gasteiger partial charge is 0.352 e. The highest BCUT2D eigenvalue weighted by molar-refractivity contribution is 5.99. The first kappa shape index (κ1) is 19.4. The predicted octanol–water partition coefficient (Wildman–Crippen LogP) is 4.86. The zero-order valence-corrected chi connectivity index (χ0v) is 15.0. The quantitative estimate of drug-likeness (QED) is 0.636. The summed E-state index contributed by atoms with van der Waals surface area (Å²) in [6.45, 7) is 8.74. The fourth-order valence-electron chi connectivity index (χ4n) is 3.13. The maximum Gasteiger partial charge on any atom is 0.251 e. The third-order valence-corrected chi connectivity index (χ3v) is 4.33. The summed E-state index contributed by atoms with van der Waals surface area (Å²) in [4.78, 5) is 24.3. The summed E-state index contributed by atoms with van der Waals surface area (Å²) in [6, 6.07) is 7.08. The molecule has 1 fully saturated rings. The van der Waals surface area contributed by atoms with Crippen LogP contribution in [0.25, 0.3) is 0 Å². The summed E-state index contributed by atoms with van der Waals surface area (Å²) in [5.74, 6) is 0.944. The number of carbonyl (C=O) groups is 2. The van der Waals surface area contributed by atoms with E-state index >= 15 is 0 Å². The summed E-state index contributed by atoms with van der Waals surface area (Å²) < 4.78 is 0. The minimum atomic E-state index is -0.0837. The van der Waals surface area contributed by atoms with Crippen LogP contribution in [0.1, 0.15) is 80.5 Å². The van der Waals surface area contributed by atoms with E-state index in [1.165, 1.54) is 12.8 Å². The van der Waals surface area contributed by atoms with Gasteiger partial charge in [-0.05, 0) is 37.8 Å². The van der Waals surface area contributed by atoms with Crippen molar-refractivity contribution >= 4 is 11.7 Å².